The summed E-state index contributed by atoms with van der Waals surface area (Å²) in [7, 11) is 0. The first kappa shape index (κ1) is 14.0. The first-order valence-corrected chi connectivity index (χ1v) is 7.77. The third-order valence-corrected chi connectivity index (χ3v) is 3.92. The summed E-state index contributed by atoms with van der Waals surface area (Å²) < 4.78 is 5.90. The Morgan fingerprint density at radius 2 is 2.10 bits per heavy atom. The molecule has 0 spiro atoms. The number of guanidine groups is 1. The van der Waals surface area contributed by atoms with Crippen LogP contribution in [0.2, 0.25) is 0 Å². The number of nitrogens with one attached hydrogen (secondary N) is 2. The summed E-state index contributed by atoms with van der Waals surface area (Å²) in [5, 5.41) is 7.87. The van der Waals surface area contributed by atoms with Gasteiger partial charge in [0.1, 0.15) is 17.9 Å². The Balaban J connectivity index is 1.72. The maximum atomic E-state index is 5.90. The van der Waals surface area contributed by atoms with Crippen LogP contribution in [-0.4, -0.2) is 19.0 Å². The fourth-order valence-electron chi connectivity index (χ4n) is 2.43. The molecular weight excluding hydrogens is 262 g/mol. The molecule has 1 aliphatic rings. The third kappa shape index (κ3) is 3.38. The summed E-state index contributed by atoms with van der Waals surface area (Å²) in [5.74, 6) is 2.66. The van der Waals surface area contributed by atoms with Gasteiger partial charge in [-0.3, -0.25) is 0 Å². The highest BCUT2D eigenvalue weighted by Gasteiger charge is 2.21. The van der Waals surface area contributed by atoms with E-state index in [0.717, 1.165) is 36.3 Å². The van der Waals surface area contributed by atoms with Crippen molar-refractivity contribution in [2.24, 2.45) is 10.9 Å². The van der Waals surface area contributed by atoms with Gasteiger partial charge in [-0.05, 0) is 38.7 Å². The van der Waals surface area contributed by atoms with E-state index in [1.807, 2.05) is 18.2 Å². The quantitative estimate of drug-likeness (QED) is 0.655. The van der Waals surface area contributed by atoms with Crippen molar-refractivity contribution in [1.29, 1.82) is 0 Å². The Morgan fingerprint density at radius 3 is 2.81 bits per heavy atom. The average molecular weight is 285 g/mol. The zero-order valence-electron chi connectivity index (χ0n) is 12.8. The molecular formula is C17H23N3O. The Labute approximate surface area is 125 Å². The molecule has 1 aliphatic carbocycles. The molecule has 0 bridgehead atoms. The third-order valence-electron chi connectivity index (χ3n) is 3.92. The van der Waals surface area contributed by atoms with Crippen LogP contribution in [0.15, 0.2) is 33.7 Å². The van der Waals surface area contributed by atoms with E-state index in [1.54, 1.807) is 0 Å². The second-order valence-corrected chi connectivity index (χ2v) is 5.67. The van der Waals surface area contributed by atoms with Crippen LogP contribution in [0.1, 0.15) is 31.1 Å². The molecule has 0 unspecified atom stereocenters. The number of hydrogen-bond donors (Lipinski definition) is 2. The van der Waals surface area contributed by atoms with Gasteiger partial charge in [-0.1, -0.05) is 18.2 Å². The van der Waals surface area contributed by atoms with Gasteiger partial charge in [-0.25, -0.2) is 4.99 Å². The van der Waals surface area contributed by atoms with Crippen molar-refractivity contribution >= 4 is 16.9 Å². The predicted octanol–water partition coefficient (Wildman–Crippen LogP) is 3.21. The van der Waals surface area contributed by atoms with Crippen molar-refractivity contribution in [2.45, 2.75) is 33.2 Å². The lowest BCUT2D eigenvalue weighted by molar-refractivity contribution is 0.547. The van der Waals surface area contributed by atoms with Crippen LogP contribution in [0.25, 0.3) is 11.0 Å². The molecule has 1 heterocycles. The van der Waals surface area contributed by atoms with E-state index in [-0.39, 0.29) is 0 Å². The normalized spacial score (nSPS) is 15.4. The molecule has 112 valence electrons. The molecule has 0 radical (unpaired) electrons. The number of hydrogen-bond acceptors (Lipinski definition) is 2. The van der Waals surface area contributed by atoms with E-state index >= 15 is 0 Å². The van der Waals surface area contributed by atoms with Crippen LogP contribution in [0.5, 0.6) is 0 Å². The number of aliphatic imine (C=N–C) groups is 1. The van der Waals surface area contributed by atoms with Crippen LogP contribution in [0.4, 0.5) is 0 Å². The van der Waals surface area contributed by atoms with Crippen molar-refractivity contribution in [1.82, 2.24) is 10.6 Å². The van der Waals surface area contributed by atoms with Gasteiger partial charge in [0.05, 0.1) is 0 Å². The van der Waals surface area contributed by atoms with E-state index in [1.165, 1.54) is 23.8 Å². The maximum absolute atomic E-state index is 5.90. The lowest BCUT2D eigenvalue weighted by atomic mass is 10.1. The van der Waals surface area contributed by atoms with Crippen molar-refractivity contribution in [3.05, 3.63) is 35.6 Å². The first-order valence-electron chi connectivity index (χ1n) is 7.77. The van der Waals surface area contributed by atoms with Crippen LogP contribution in [0, 0.1) is 12.8 Å². The highest BCUT2D eigenvalue weighted by Crippen LogP contribution is 2.27. The van der Waals surface area contributed by atoms with Crippen LogP contribution < -0.4 is 10.6 Å². The van der Waals surface area contributed by atoms with Gasteiger partial charge in [0, 0.05) is 24.0 Å². The van der Waals surface area contributed by atoms with Crippen molar-refractivity contribution in [2.75, 3.05) is 13.1 Å². The zero-order chi connectivity index (χ0) is 14.7. The first-order chi connectivity index (χ1) is 10.3. The zero-order valence-corrected chi connectivity index (χ0v) is 12.8. The van der Waals surface area contributed by atoms with Crippen LogP contribution in [-0.2, 0) is 6.54 Å². The molecule has 1 aromatic heterocycles. The van der Waals surface area contributed by atoms with Crippen LogP contribution in [0.3, 0.4) is 0 Å². The minimum absolute atomic E-state index is 0.570. The average Bonchev–Trinajstić information content (AvgIpc) is 3.27. The molecule has 4 heteroatoms. The summed E-state index contributed by atoms with van der Waals surface area (Å²) in [4.78, 5) is 4.64. The van der Waals surface area contributed by atoms with Gasteiger partial charge < -0.3 is 15.1 Å². The Kier molecular flexibility index (Phi) is 4.13. The maximum Gasteiger partial charge on any atom is 0.191 e. The highest BCUT2D eigenvalue weighted by molar-refractivity contribution is 5.82. The largest absolute Gasteiger partial charge is 0.459 e. The molecule has 0 saturated heterocycles. The molecule has 1 saturated carbocycles. The summed E-state index contributed by atoms with van der Waals surface area (Å²) in [6, 6.07) is 8.14. The number of benzene rings is 1. The number of aryl methyl sites for hydroxylation is 1. The fraction of sp³-hybridized carbons (Fsp3) is 0.471. The van der Waals surface area contributed by atoms with Crippen LogP contribution >= 0.6 is 0 Å². The summed E-state index contributed by atoms with van der Waals surface area (Å²) >= 11 is 0. The minimum Gasteiger partial charge on any atom is -0.459 e. The molecule has 1 aromatic carbocycles. The molecule has 3 rings (SSSR count). The topological polar surface area (TPSA) is 49.6 Å². The van der Waals surface area contributed by atoms with Gasteiger partial charge in [-0.2, -0.15) is 0 Å². The molecule has 0 aliphatic heterocycles. The van der Waals surface area contributed by atoms with Crippen molar-refractivity contribution in [3.8, 4) is 0 Å². The molecule has 1 fully saturated rings. The summed E-state index contributed by atoms with van der Waals surface area (Å²) in [6.45, 7) is 6.64. The Hall–Kier alpha value is -1.97. The molecule has 21 heavy (non-hydrogen) atoms. The number of rotatable bonds is 5. The van der Waals surface area contributed by atoms with E-state index in [0.29, 0.717) is 6.54 Å². The smallest absolute Gasteiger partial charge is 0.191 e. The van der Waals surface area contributed by atoms with E-state index in [9.17, 15) is 0 Å². The second kappa shape index (κ2) is 6.20. The standard InChI is InChI=1S/C17H23N3O/c1-3-18-17(19-10-13-8-9-13)20-11-16-12(2)14-6-4-5-7-15(14)21-16/h4-7,13H,3,8-11H2,1-2H3,(H2,18,19,20). The van der Waals surface area contributed by atoms with Gasteiger partial charge in [0.15, 0.2) is 5.96 Å². The van der Waals surface area contributed by atoms with E-state index in [2.05, 4.69) is 35.5 Å². The molecule has 2 N–H and O–H groups in total. The minimum atomic E-state index is 0.570. The van der Waals surface area contributed by atoms with Crippen molar-refractivity contribution < 1.29 is 4.42 Å². The lowest BCUT2D eigenvalue weighted by Gasteiger charge is -2.10. The lowest BCUT2D eigenvalue weighted by Crippen LogP contribution is -2.38. The van der Waals surface area contributed by atoms with Gasteiger partial charge >= 0.3 is 0 Å². The highest BCUT2D eigenvalue weighted by atomic mass is 16.3. The molecule has 0 amide bonds. The molecule has 4 nitrogen and oxygen atoms in total. The Bertz CT molecular complexity index is 641. The SMILES string of the molecule is CCNC(=NCc1oc2ccccc2c1C)NCC1CC1. The monoisotopic (exact) mass is 285 g/mol. The second-order valence-electron chi connectivity index (χ2n) is 5.67. The van der Waals surface area contributed by atoms with E-state index < -0.39 is 0 Å². The van der Waals surface area contributed by atoms with Gasteiger partial charge in [-0.15, -0.1) is 0 Å². The number of furan rings is 1. The Morgan fingerprint density at radius 1 is 1.29 bits per heavy atom. The van der Waals surface area contributed by atoms with E-state index in [4.69, 9.17) is 4.42 Å². The summed E-state index contributed by atoms with van der Waals surface area (Å²) in [6.07, 6.45) is 2.68. The van der Waals surface area contributed by atoms with Gasteiger partial charge in [0.25, 0.3) is 0 Å². The fourth-order valence-corrected chi connectivity index (χ4v) is 2.43. The van der Waals surface area contributed by atoms with Crippen molar-refractivity contribution in [3.63, 3.8) is 0 Å². The molecule has 0 atom stereocenters. The predicted molar refractivity (Wildman–Crippen MR) is 86.5 cm³/mol. The number of nitrogens with zero attached hydrogens (tertiary/aromatic N) is 1. The summed E-state index contributed by atoms with van der Waals surface area (Å²) in [5.41, 5.74) is 2.13. The number of para-hydroxylation sites is 1. The molecule has 2 aromatic rings. The van der Waals surface area contributed by atoms with Gasteiger partial charge in [0.2, 0.25) is 0 Å². The number of fused-ring (bicyclic) bond motifs is 1.